The number of nitrogens with zero attached hydrogens (tertiary/aromatic N) is 4. The number of hydrogen-bond donors (Lipinski definition) is 1. The molecule has 2 aromatic heterocycles. The smallest absolute Gasteiger partial charge is 0.254 e. The van der Waals surface area contributed by atoms with Crippen LogP contribution in [0.1, 0.15) is 28.8 Å². The second kappa shape index (κ2) is 8.16. The molecule has 1 saturated heterocycles. The number of aliphatic hydroxyl groups excluding tert-OH is 1. The van der Waals surface area contributed by atoms with E-state index in [1.807, 2.05) is 35.9 Å². The van der Waals surface area contributed by atoms with Crippen LogP contribution < -0.4 is 0 Å². The summed E-state index contributed by atoms with van der Waals surface area (Å²) in [6.45, 7) is 3.00. The second-order valence-electron chi connectivity index (χ2n) is 8.21. The zero-order valence-electron chi connectivity index (χ0n) is 17.7. The first-order chi connectivity index (χ1) is 15.5. The fraction of sp³-hybridized carbons (Fsp3) is 0.240. The van der Waals surface area contributed by atoms with E-state index in [4.69, 9.17) is 0 Å². The van der Waals surface area contributed by atoms with Crippen LogP contribution in [0.2, 0.25) is 0 Å². The molecule has 6 nitrogen and oxygen atoms in total. The number of fused-ring (bicyclic) bond motifs is 1. The summed E-state index contributed by atoms with van der Waals surface area (Å²) < 4.78 is 15.9. The molecule has 1 fully saturated rings. The molecule has 0 bridgehead atoms. The highest BCUT2D eigenvalue weighted by atomic mass is 19.1. The fourth-order valence-corrected chi connectivity index (χ4v) is 4.30. The van der Waals surface area contributed by atoms with Gasteiger partial charge in [0.1, 0.15) is 5.82 Å². The van der Waals surface area contributed by atoms with Gasteiger partial charge in [0.05, 0.1) is 11.6 Å². The van der Waals surface area contributed by atoms with Gasteiger partial charge in [-0.25, -0.2) is 14.4 Å². The maximum atomic E-state index is 14.1. The Morgan fingerprint density at radius 1 is 1.16 bits per heavy atom. The number of piperidine rings is 1. The summed E-state index contributed by atoms with van der Waals surface area (Å²) in [6, 6.07) is 12.1. The summed E-state index contributed by atoms with van der Waals surface area (Å²) in [4.78, 5) is 23.6. The molecule has 0 saturated carbocycles. The van der Waals surface area contributed by atoms with Crippen molar-refractivity contribution < 1.29 is 14.3 Å². The Morgan fingerprint density at radius 2 is 1.94 bits per heavy atom. The molecule has 2 aromatic carbocycles. The van der Waals surface area contributed by atoms with E-state index in [0.29, 0.717) is 35.7 Å². The van der Waals surface area contributed by atoms with Crippen LogP contribution in [-0.4, -0.2) is 49.6 Å². The Hall–Kier alpha value is -3.58. The van der Waals surface area contributed by atoms with E-state index >= 15 is 0 Å². The third-order valence-corrected chi connectivity index (χ3v) is 5.97. The standard InChI is InChI=1S/C25H23FN4O2/c1-16-14-30(25-27-12-18(13-28-25)21-6-2-3-7-22(21)26)23-11-17(8-9-20(16)23)24(32)29-10-4-5-19(31)15-29/h2-3,6-9,11-14,19,31H,4-5,10,15H2,1H3. The van der Waals surface area contributed by atoms with Crippen LogP contribution in [-0.2, 0) is 0 Å². The quantitative estimate of drug-likeness (QED) is 0.531. The van der Waals surface area contributed by atoms with Crippen molar-refractivity contribution in [2.24, 2.45) is 0 Å². The summed E-state index contributed by atoms with van der Waals surface area (Å²) in [6.07, 6.45) is 6.20. The third kappa shape index (κ3) is 3.65. The molecule has 1 N–H and O–H groups in total. The molecule has 1 aliphatic rings. The Balaban J connectivity index is 1.51. The summed E-state index contributed by atoms with van der Waals surface area (Å²) in [5.41, 5.74) is 3.47. The van der Waals surface area contributed by atoms with Gasteiger partial charge in [0.2, 0.25) is 5.95 Å². The highest BCUT2D eigenvalue weighted by Crippen LogP contribution is 2.27. The molecule has 5 rings (SSSR count). The zero-order valence-corrected chi connectivity index (χ0v) is 17.7. The van der Waals surface area contributed by atoms with Gasteiger partial charge in [-0.05, 0) is 43.5 Å². The fourth-order valence-electron chi connectivity index (χ4n) is 4.30. The maximum Gasteiger partial charge on any atom is 0.254 e. The van der Waals surface area contributed by atoms with E-state index in [1.165, 1.54) is 6.07 Å². The van der Waals surface area contributed by atoms with E-state index in [2.05, 4.69) is 9.97 Å². The van der Waals surface area contributed by atoms with Crippen LogP contribution in [0, 0.1) is 12.7 Å². The number of aromatic nitrogens is 3. The van der Waals surface area contributed by atoms with Gasteiger partial charge in [-0.1, -0.05) is 24.3 Å². The van der Waals surface area contributed by atoms with Crippen LogP contribution in [0.3, 0.4) is 0 Å². The molecule has 7 heteroatoms. The van der Waals surface area contributed by atoms with Gasteiger partial charge in [0.15, 0.2) is 0 Å². The zero-order chi connectivity index (χ0) is 22.2. The summed E-state index contributed by atoms with van der Waals surface area (Å²) in [7, 11) is 0. The predicted octanol–water partition coefficient (Wildman–Crippen LogP) is 4.13. The molecule has 1 atom stereocenters. The van der Waals surface area contributed by atoms with Crippen molar-refractivity contribution in [3.63, 3.8) is 0 Å². The van der Waals surface area contributed by atoms with Crippen LogP contribution in [0.5, 0.6) is 0 Å². The summed E-state index contributed by atoms with van der Waals surface area (Å²) in [5.74, 6) is 0.0325. The van der Waals surface area contributed by atoms with Crippen LogP contribution in [0.4, 0.5) is 4.39 Å². The Kier molecular flexibility index (Phi) is 5.19. The van der Waals surface area contributed by atoms with Crippen molar-refractivity contribution in [2.75, 3.05) is 13.1 Å². The van der Waals surface area contributed by atoms with Gasteiger partial charge >= 0.3 is 0 Å². The lowest BCUT2D eigenvalue weighted by atomic mass is 10.1. The number of hydrogen-bond acceptors (Lipinski definition) is 4. The van der Waals surface area contributed by atoms with Crippen LogP contribution in [0.15, 0.2) is 61.1 Å². The molecular formula is C25H23FN4O2. The first-order valence-corrected chi connectivity index (χ1v) is 10.7. The van der Waals surface area contributed by atoms with Gasteiger partial charge in [0, 0.05) is 53.8 Å². The number of aliphatic hydroxyl groups is 1. The van der Waals surface area contributed by atoms with E-state index in [-0.39, 0.29) is 11.7 Å². The van der Waals surface area contributed by atoms with E-state index < -0.39 is 6.10 Å². The highest BCUT2D eigenvalue weighted by Gasteiger charge is 2.24. The molecule has 1 amide bonds. The van der Waals surface area contributed by atoms with Crippen molar-refractivity contribution in [1.82, 2.24) is 19.4 Å². The van der Waals surface area contributed by atoms with Crippen molar-refractivity contribution in [1.29, 1.82) is 0 Å². The lowest BCUT2D eigenvalue weighted by Gasteiger charge is -2.30. The second-order valence-corrected chi connectivity index (χ2v) is 8.21. The normalized spacial score (nSPS) is 16.5. The van der Waals surface area contributed by atoms with Gasteiger partial charge in [0.25, 0.3) is 5.91 Å². The molecule has 4 aromatic rings. The molecule has 1 aliphatic heterocycles. The molecule has 3 heterocycles. The van der Waals surface area contributed by atoms with Gasteiger partial charge in [-0.2, -0.15) is 0 Å². The minimum atomic E-state index is -0.469. The molecule has 32 heavy (non-hydrogen) atoms. The largest absolute Gasteiger partial charge is 0.391 e. The monoisotopic (exact) mass is 430 g/mol. The van der Waals surface area contributed by atoms with Crippen molar-refractivity contribution in [2.45, 2.75) is 25.9 Å². The number of benzene rings is 2. The van der Waals surface area contributed by atoms with Crippen molar-refractivity contribution in [3.8, 4) is 17.1 Å². The predicted molar refractivity (Wildman–Crippen MR) is 120 cm³/mol. The molecular weight excluding hydrogens is 407 g/mol. The number of carbonyl (C=O) groups is 1. The molecule has 0 radical (unpaired) electrons. The highest BCUT2D eigenvalue weighted by molar-refractivity contribution is 5.99. The number of aryl methyl sites for hydroxylation is 1. The third-order valence-electron chi connectivity index (χ3n) is 5.97. The van der Waals surface area contributed by atoms with E-state index in [9.17, 15) is 14.3 Å². The number of β-amino-alcohol motifs (C(OH)–C–C–N with tert-alkyl or cyclic N) is 1. The van der Waals surface area contributed by atoms with Gasteiger partial charge in [-0.15, -0.1) is 0 Å². The maximum absolute atomic E-state index is 14.1. The minimum absolute atomic E-state index is 0.0909. The van der Waals surface area contributed by atoms with E-state index in [0.717, 1.165) is 29.3 Å². The Bertz CT molecular complexity index is 1300. The summed E-state index contributed by atoms with van der Waals surface area (Å²) in [5, 5.41) is 10.9. The average molecular weight is 430 g/mol. The first kappa shape index (κ1) is 20.3. The number of amides is 1. The first-order valence-electron chi connectivity index (χ1n) is 10.7. The summed E-state index contributed by atoms with van der Waals surface area (Å²) >= 11 is 0. The average Bonchev–Trinajstić information content (AvgIpc) is 3.15. The Morgan fingerprint density at radius 3 is 2.69 bits per heavy atom. The number of likely N-dealkylation sites (tertiary alicyclic amines) is 1. The molecule has 162 valence electrons. The van der Waals surface area contributed by atoms with E-state index in [1.54, 1.807) is 35.5 Å². The van der Waals surface area contributed by atoms with Crippen molar-refractivity contribution in [3.05, 3.63) is 78.0 Å². The molecule has 0 spiro atoms. The van der Waals surface area contributed by atoms with Crippen LogP contribution >= 0.6 is 0 Å². The van der Waals surface area contributed by atoms with Gasteiger partial charge in [-0.3, -0.25) is 9.36 Å². The van der Waals surface area contributed by atoms with Crippen molar-refractivity contribution >= 4 is 16.8 Å². The number of carbonyl (C=O) groups excluding carboxylic acids is 1. The molecule has 1 unspecified atom stereocenters. The SMILES string of the molecule is Cc1cn(-c2ncc(-c3ccccc3F)cn2)c2cc(C(=O)N3CCCC(O)C3)ccc12. The number of rotatable bonds is 3. The lowest BCUT2D eigenvalue weighted by Crippen LogP contribution is -2.42. The Labute approximate surface area is 185 Å². The minimum Gasteiger partial charge on any atom is -0.391 e. The topological polar surface area (TPSA) is 71.2 Å². The van der Waals surface area contributed by atoms with Gasteiger partial charge < -0.3 is 10.0 Å². The number of halogens is 1. The lowest BCUT2D eigenvalue weighted by molar-refractivity contribution is 0.0474. The molecule has 0 aliphatic carbocycles. The van der Waals surface area contributed by atoms with Crippen LogP contribution in [0.25, 0.3) is 28.0 Å².